The Kier molecular flexibility index (Phi) is 11.2. The van der Waals surface area contributed by atoms with Gasteiger partial charge in [0.2, 0.25) is 0 Å². The van der Waals surface area contributed by atoms with Gasteiger partial charge in [0.05, 0.1) is 0 Å². The van der Waals surface area contributed by atoms with E-state index in [1.54, 1.807) is 0 Å². The van der Waals surface area contributed by atoms with Gasteiger partial charge in [0.1, 0.15) is 0 Å². The molecule has 0 heterocycles. The van der Waals surface area contributed by atoms with Crippen LogP contribution in [0.25, 0.3) is 78.1 Å². The summed E-state index contributed by atoms with van der Waals surface area (Å²) in [6.07, 6.45) is 11.7. The SMILES string of the molecule is C/C=C/c1c(-c2ccc(-c3ccc(N(c4ccc5c(c4)C(C)(C)c4cc(-c6ccc7ccccc7c6)ccc4-5)c4ccc5c(c4)C(C)(C)C4C=C(c6ccccc6)C=CC54)cc3)cc2)cccc1-c1ccccc1C. The van der Waals surface area contributed by atoms with Crippen LogP contribution in [0, 0.1) is 12.8 Å². The number of allylic oxidation sites excluding steroid dienone is 5. The second kappa shape index (κ2) is 18.1. The van der Waals surface area contributed by atoms with E-state index in [1.165, 1.54) is 117 Å². The van der Waals surface area contributed by atoms with Crippen LogP contribution in [0.2, 0.25) is 0 Å². The van der Waals surface area contributed by atoms with Crippen LogP contribution in [0.15, 0.2) is 243 Å². The lowest BCUT2D eigenvalue weighted by atomic mass is 9.73. The topological polar surface area (TPSA) is 3.24 Å². The zero-order chi connectivity index (χ0) is 51.0. The van der Waals surface area contributed by atoms with Gasteiger partial charge in [-0.15, -0.1) is 0 Å². The van der Waals surface area contributed by atoms with Gasteiger partial charge in [-0.1, -0.05) is 228 Å². The monoisotopic (exact) mass is 963 g/mol. The molecule has 0 radical (unpaired) electrons. The molecular formula is C74H61N. The number of anilines is 3. The molecule has 0 fully saturated rings. The fraction of sp³-hybridized carbons (Fsp3) is 0.135. The Bertz CT molecular complexity index is 3950. The molecule has 0 aromatic heterocycles. The summed E-state index contributed by atoms with van der Waals surface area (Å²) >= 11 is 0. The highest BCUT2D eigenvalue weighted by molar-refractivity contribution is 5.92. The van der Waals surface area contributed by atoms with Crippen molar-refractivity contribution in [3.8, 4) is 55.6 Å². The molecule has 0 bridgehead atoms. The lowest BCUT2D eigenvalue weighted by molar-refractivity contribution is 0.395. The van der Waals surface area contributed by atoms with Crippen molar-refractivity contribution in [1.29, 1.82) is 0 Å². The highest BCUT2D eigenvalue weighted by Crippen LogP contribution is 2.56. The van der Waals surface area contributed by atoms with Crippen LogP contribution in [0.1, 0.15) is 79.5 Å². The van der Waals surface area contributed by atoms with Crippen molar-refractivity contribution >= 4 is 39.5 Å². The Hall–Kier alpha value is -8.52. The molecule has 2 unspecified atom stereocenters. The second-order valence-corrected chi connectivity index (χ2v) is 22.1. The summed E-state index contributed by atoms with van der Waals surface area (Å²) < 4.78 is 0. The van der Waals surface area contributed by atoms with Gasteiger partial charge in [0.15, 0.2) is 0 Å². The van der Waals surface area contributed by atoms with E-state index in [2.05, 4.69) is 295 Å². The molecule has 1 nitrogen and oxygen atoms in total. The van der Waals surface area contributed by atoms with Crippen molar-refractivity contribution in [3.63, 3.8) is 0 Å². The Morgan fingerprint density at radius 3 is 1.76 bits per heavy atom. The molecule has 0 aliphatic heterocycles. The van der Waals surface area contributed by atoms with E-state index >= 15 is 0 Å². The van der Waals surface area contributed by atoms with Crippen LogP contribution in [-0.4, -0.2) is 0 Å². The number of hydrogen-bond acceptors (Lipinski definition) is 1. The van der Waals surface area contributed by atoms with E-state index in [0.29, 0.717) is 11.8 Å². The van der Waals surface area contributed by atoms with E-state index in [1.807, 2.05) is 0 Å². The first-order chi connectivity index (χ1) is 36.5. The third-order valence-corrected chi connectivity index (χ3v) is 17.0. The molecule has 3 aliphatic rings. The molecule has 13 rings (SSSR count). The molecule has 0 spiro atoms. The largest absolute Gasteiger partial charge is 0.310 e. The maximum Gasteiger partial charge on any atom is 0.0465 e. The standard InChI is InChI=1S/C74H61N/c1-7-16-63-62(23-15-24-64(63)61-22-14-11-17-48(61)2)53-28-25-51(26-29-53)52-31-35-58(36-32-52)75(59-37-41-67-65-39-33-56(49-18-9-8-10-19-49)44-69(65)73(3,4)71(67)46-59)60-38-42-68-66-40-34-57(45-70(66)74(5,6)72(68)47-60)55-30-27-50-20-12-13-21-54(50)43-55/h7-47,65,69H,1-6H3/b16-7+. The Morgan fingerprint density at radius 1 is 0.427 bits per heavy atom. The molecule has 75 heavy (non-hydrogen) atoms. The van der Waals surface area contributed by atoms with Crippen LogP contribution in [0.3, 0.4) is 0 Å². The number of nitrogens with zero attached hydrogens (tertiary/aromatic N) is 1. The predicted octanol–water partition coefficient (Wildman–Crippen LogP) is 20.3. The minimum absolute atomic E-state index is 0.0811. The van der Waals surface area contributed by atoms with Crippen LogP contribution < -0.4 is 4.90 Å². The van der Waals surface area contributed by atoms with E-state index in [9.17, 15) is 0 Å². The number of benzene rings is 10. The zero-order valence-electron chi connectivity index (χ0n) is 43.8. The summed E-state index contributed by atoms with van der Waals surface area (Å²) in [4.78, 5) is 2.50. The number of rotatable bonds is 9. The van der Waals surface area contributed by atoms with Crippen LogP contribution in [-0.2, 0) is 10.8 Å². The summed E-state index contributed by atoms with van der Waals surface area (Å²) in [6.45, 7) is 14.0. The van der Waals surface area contributed by atoms with E-state index in [0.717, 1.165) is 11.4 Å². The highest BCUT2D eigenvalue weighted by Gasteiger charge is 2.46. The Balaban J connectivity index is 0.876. The van der Waals surface area contributed by atoms with Gasteiger partial charge in [0.25, 0.3) is 0 Å². The average Bonchev–Trinajstić information content (AvgIpc) is 3.81. The van der Waals surface area contributed by atoms with Gasteiger partial charge in [-0.25, -0.2) is 0 Å². The maximum absolute atomic E-state index is 2.54. The van der Waals surface area contributed by atoms with Gasteiger partial charge in [-0.3, -0.25) is 0 Å². The van der Waals surface area contributed by atoms with E-state index in [4.69, 9.17) is 0 Å². The molecule has 3 aliphatic carbocycles. The van der Waals surface area contributed by atoms with Crippen LogP contribution >= 0.6 is 0 Å². The first kappa shape index (κ1) is 46.3. The van der Waals surface area contributed by atoms with Gasteiger partial charge >= 0.3 is 0 Å². The number of fused-ring (bicyclic) bond motifs is 7. The third-order valence-electron chi connectivity index (χ3n) is 17.0. The smallest absolute Gasteiger partial charge is 0.0465 e. The molecule has 2 atom stereocenters. The summed E-state index contributed by atoms with van der Waals surface area (Å²) in [5.74, 6) is 0.689. The van der Waals surface area contributed by atoms with Gasteiger partial charge in [-0.05, 0) is 185 Å². The van der Waals surface area contributed by atoms with Gasteiger partial charge in [-0.2, -0.15) is 0 Å². The molecular weight excluding hydrogens is 903 g/mol. The Labute approximate surface area is 443 Å². The van der Waals surface area contributed by atoms with Crippen molar-refractivity contribution in [3.05, 3.63) is 282 Å². The summed E-state index contributed by atoms with van der Waals surface area (Å²) in [7, 11) is 0. The van der Waals surface area contributed by atoms with Crippen LogP contribution in [0.4, 0.5) is 17.1 Å². The molecule has 10 aromatic carbocycles. The van der Waals surface area contributed by atoms with Gasteiger partial charge < -0.3 is 4.90 Å². The predicted molar refractivity (Wildman–Crippen MR) is 320 cm³/mol. The van der Waals surface area contributed by atoms with E-state index in [-0.39, 0.29) is 10.8 Å². The molecule has 1 heteroatoms. The van der Waals surface area contributed by atoms with Crippen molar-refractivity contribution < 1.29 is 0 Å². The third kappa shape index (κ3) is 7.84. The van der Waals surface area contributed by atoms with Gasteiger partial charge in [0, 0.05) is 28.4 Å². The summed E-state index contributed by atoms with van der Waals surface area (Å²) in [5, 5.41) is 2.53. The second-order valence-electron chi connectivity index (χ2n) is 22.1. The van der Waals surface area contributed by atoms with Crippen molar-refractivity contribution in [2.75, 3.05) is 4.90 Å². The molecule has 0 N–H and O–H groups in total. The van der Waals surface area contributed by atoms with Crippen molar-refractivity contribution in [1.82, 2.24) is 0 Å². The molecule has 10 aromatic rings. The minimum atomic E-state index is -0.213. The van der Waals surface area contributed by atoms with Crippen molar-refractivity contribution in [2.24, 2.45) is 5.92 Å². The first-order valence-corrected chi connectivity index (χ1v) is 26.8. The zero-order valence-corrected chi connectivity index (χ0v) is 43.8. The quantitative estimate of drug-likeness (QED) is 0.139. The van der Waals surface area contributed by atoms with E-state index < -0.39 is 0 Å². The molecule has 362 valence electrons. The minimum Gasteiger partial charge on any atom is -0.310 e. The van der Waals surface area contributed by atoms with Crippen LogP contribution in [0.5, 0.6) is 0 Å². The number of hydrogen-bond donors (Lipinski definition) is 0. The molecule has 0 saturated heterocycles. The number of aryl methyl sites for hydroxylation is 1. The molecule has 0 saturated carbocycles. The maximum atomic E-state index is 2.54. The fourth-order valence-electron chi connectivity index (χ4n) is 12.9. The summed E-state index contributed by atoms with van der Waals surface area (Å²) in [6, 6.07) is 81.7. The average molecular weight is 964 g/mol. The molecule has 0 amide bonds. The van der Waals surface area contributed by atoms with Crippen molar-refractivity contribution in [2.45, 2.75) is 58.3 Å². The fourth-order valence-corrected chi connectivity index (χ4v) is 12.9. The normalized spacial score (nSPS) is 16.6. The highest BCUT2D eigenvalue weighted by atomic mass is 15.1. The lowest BCUT2D eigenvalue weighted by Crippen LogP contribution is -2.25. The summed E-state index contributed by atoms with van der Waals surface area (Å²) in [5.41, 5.74) is 26.3. The first-order valence-electron chi connectivity index (χ1n) is 26.8. The lowest BCUT2D eigenvalue weighted by Gasteiger charge is -2.32. The Morgan fingerprint density at radius 2 is 1.00 bits per heavy atom.